The molecule has 1 saturated carbocycles. The van der Waals surface area contributed by atoms with Crippen LogP contribution in [0, 0.1) is 11.8 Å². The molecule has 0 aromatic heterocycles. The van der Waals surface area contributed by atoms with Crippen molar-refractivity contribution in [2.75, 3.05) is 6.61 Å². The van der Waals surface area contributed by atoms with E-state index >= 15 is 0 Å². The van der Waals surface area contributed by atoms with Crippen LogP contribution in [0.25, 0.3) is 0 Å². The summed E-state index contributed by atoms with van der Waals surface area (Å²) < 4.78 is 0. The van der Waals surface area contributed by atoms with Gasteiger partial charge in [0.1, 0.15) is 5.78 Å². The lowest BCUT2D eigenvalue weighted by molar-refractivity contribution is -0.122. The van der Waals surface area contributed by atoms with Crippen molar-refractivity contribution in [3.63, 3.8) is 0 Å². The zero-order chi connectivity index (χ0) is 8.43. The van der Waals surface area contributed by atoms with Crippen LogP contribution in [0.5, 0.6) is 0 Å². The molecule has 0 amide bonds. The van der Waals surface area contributed by atoms with Gasteiger partial charge in [0.15, 0.2) is 0 Å². The number of carbonyl (C=O) groups is 1. The molecule has 64 valence electrons. The predicted molar refractivity (Wildman–Crippen MR) is 42.0 cm³/mol. The van der Waals surface area contributed by atoms with Gasteiger partial charge in [-0.15, -0.1) is 0 Å². The number of Topliss-reactive ketones (excluding diaryl/α,β-unsaturated/α-hetero) is 1. The van der Waals surface area contributed by atoms with Crippen LogP contribution in [-0.4, -0.2) is 23.5 Å². The average molecular weight is 157 g/mol. The molecule has 0 spiro atoms. The third-order valence-corrected chi connectivity index (χ3v) is 2.49. The highest BCUT2D eigenvalue weighted by Gasteiger charge is 2.34. The van der Waals surface area contributed by atoms with Crippen molar-refractivity contribution in [1.82, 2.24) is 0 Å². The summed E-state index contributed by atoms with van der Waals surface area (Å²) in [4.78, 5) is 11.0. The molecule has 1 fully saturated rings. The molecule has 3 nitrogen and oxygen atoms in total. The second-order valence-electron chi connectivity index (χ2n) is 3.39. The van der Waals surface area contributed by atoms with Crippen molar-refractivity contribution in [2.45, 2.75) is 25.8 Å². The molecule has 3 heteroatoms. The Kier molecular flexibility index (Phi) is 2.62. The minimum absolute atomic E-state index is 0.00926. The largest absolute Gasteiger partial charge is 0.396 e. The van der Waals surface area contributed by atoms with Gasteiger partial charge in [0, 0.05) is 18.6 Å². The quantitative estimate of drug-likeness (QED) is 0.589. The number of nitrogens with two attached hydrogens (primary N) is 1. The predicted octanol–water partition coefficient (Wildman–Crippen LogP) is -0.0788. The maximum absolute atomic E-state index is 11.0. The highest BCUT2D eigenvalue weighted by Crippen LogP contribution is 2.30. The second-order valence-corrected chi connectivity index (χ2v) is 3.39. The van der Waals surface area contributed by atoms with Gasteiger partial charge >= 0.3 is 0 Å². The van der Waals surface area contributed by atoms with E-state index in [0.29, 0.717) is 0 Å². The molecule has 11 heavy (non-hydrogen) atoms. The minimum Gasteiger partial charge on any atom is -0.396 e. The topological polar surface area (TPSA) is 63.3 Å². The summed E-state index contributed by atoms with van der Waals surface area (Å²) in [6.45, 7) is 1.67. The van der Waals surface area contributed by atoms with Gasteiger partial charge in [-0.05, 0) is 25.7 Å². The number of rotatable bonds is 2. The summed E-state index contributed by atoms with van der Waals surface area (Å²) in [5.74, 6) is 0.287. The Bertz CT molecular complexity index is 158. The molecule has 0 aliphatic heterocycles. The van der Waals surface area contributed by atoms with E-state index in [2.05, 4.69) is 0 Å². The maximum Gasteiger partial charge on any atom is 0.133 e. The van der Waals surface area contributed by atoms with Gasteiger partial charge in [-0.3, -0.25) is 4.79 Å². The lowest BCUT2D eigenvalue weighted by Crippen LogP contribution is -2.18. The van der Waals surface area contributed by atoms with Crippen LogP contribution in [0.2, 0.25) is 0 Å². The van der Waals surface area contributed by atoms with Crippen LogP contribution in [0.15, 0.2) is 0 Å². The highest BCUT2D eigenvalue weighted by atomic mass is 16.3. The second kappa shape index (κ2) is 3.32. The fourth-order valence-electron chi connectivity index (χ4n) is 1.87. The van der Waals surface area contributed by atoms with Crippen molar-refractivity contribution in [1.29, 1.82) is 0 Å². The summed E-state index contributed by atoms with van der Waals surface area (Å²) in [5.41, 5.74) is 5.67. The molecule has 0 aromatic rings. The van der Waals surface area contributed by atoms with Crippen molar-refractivity contribution < 1.29 is 9.90 Å². The van der Waals surface area contributed by atoms with Crippen molar-refractivity contribution >= 4 is 5.78 Å². The van der Waals surface area contributed by atoms with Gasteiger partial charge in [-0.25, -0.2) is 0 Å². The number of hydrogen-bond donors (Lipinski definition) is 2. The van der Waals surface area contributed by atoms with E-state index in [1.165, 1.54) is 0 Å². The molecule has 0 heterocycles. The van der Waals surface area contributed by atoms with E-state index in [9.17, 15) is 4.79 Å². The number of carbonyl (C=O) groups excluding carboxylic acids is 1. The summed E-state index contributed by atoms with van der Waals surface area (Å²) in [6, 6.07) is 0.112. The van der Waals surface area contributed by atoms with E-state index < -0.39 is 0 Å². The molecule has 0 aromatic carbocycles. The Hall–Kier alpha value is -0.410. The average Bonchev–Trinajstić information content (AvgIpc) is 2.30. The van der Waals surface area contributed by atoms with Crippen LogP contribution < -0.4 is 5.73 Å². The Labute approximate surface area is 66.6 Å². The molecule has 1 aliphatic rings. The number of ketones is 1. The molecule has 3 N–H and O–H groups in total. The maximum atomic E-state index is 11.0. The fraction of sp³-hybridized carbons (Fsp3) is 0.875. The first kappa shape index (κ1) is 8.68. The number of hydrogen-bond acceptors (Lipinski definition) is 3. The first-order chi connectivity index (χ1) is 5.15. The zero-order valence-corrected chi connectivity index (χ0v) is 6.79. The molecule has 0 bridgehead atoms. The highest BCUT2D eigenvalue weighted by molar-refractivity contribution is 5.79. The Morgan fingerprint density at radius 2 is 2.27 bits per heavy atom. The monoisotopic (exact) mass is 157 g/mol. The first-order valence-corrected chi connectivity index (χ1v) is 4.02. The van der Waals surface area contributed by atoms with Gasteiger partial charge < -0.3 is 10.8 Å². The van der Waals surface area contributed by atoms with Crippen LogP contribution in [-0.2, 0) is 4.79 Å². The number of aliphatic hydroxyl groups is 1. The Morgan fingerprint density at radius 3 is 2.64 bits per heavy atom. The molecule has 1 aliphatic carbocycles. The summed E-state index contributed by atoms with van der Waals surface area (Å²) in [7, 11) is 0. The molecular formula is C8H15NO2. The van der Waals surface area contributed by atoms with Gasteiger partial charge in [0.2, 0.25) is 0 Å². The van der Waals surface area contributed by atoms with Crippen LogP contribution in [0.3, 0.4) is 0 Å². The lowest BCUT2D eigenvalue weighted by atomic mass is 9.94. The van der Waals surface area contributed by atoms with Gasteiger partial charge in [0.25, 0.3) is 0 Å². The molecule has 1 rings (SSSR count). The molecule has 0 saturated heterocycles. The Balaban J connectivity index is 2.57. The third kappa shape index (κ3) is 1.79. The summed E-state index contributed by atoms with van der Waals surface area (Å²) in [6.07, 6.45) is 1.54. The van der Waals surface area contributed by atoms with E-state index in [1.54, 1.807) is 6.92 Å². The Morgan fingerprint density at radius 1 is 1.64 bits per heavy atom. The van der Waals surface area contributed by atoms with Crippen LogP contribution in [0.1, 0.15) is 19.8 Å². The molecule has 0 radical (unpaired) electrons. The number of aliphatic hydroxyl groups excluding tert-OH is 1. The van der Waals surface area contributed by atoms with E-state index in [-0.39, 0.29) is 30.3 Å². The van der Waals surface area contributed by atoms with Gasteiger partial charge in [0.05, 0.1) is 0 Å². The summed E-state index contributed by atoms with van der Waals surface area (Å²) >= 11 is 0. The van der Waals surface area contributed by atoms with Crippen LogP contribution in [0.4, 0.5) is 0 Å². The van der Waals surface area contributed by atoms with Crippen molar-refractivity contribution in [3.05, 3.63) is 0 Å². The smallest absolute Gasteiger partial charge is 0.133 e. The van der Waals surface area contributed by atoms with Crippen LogP contribution >= 0.6 is 0 Å². The summed E-state index contributed by atoms with van der Waals surface area (Å²) in [5, 5.41) is 8.90. The normalized spacial score (nSPS) is 37.5. The SMILES string of the molecule is CC(=O)[C@@H]1C[C@H](N)C[C@@H]1CO. The third-order valence-electron chi connectivity index (χ3n) is 2.49. The van der Waals surface area contributed by atoms with E-state index in [1.807, 2.05) is 0 Å². The fourth-order valence-corrected chi connectivity index (χ4v) is 1.87. The van der Waals surface area contributed by atoms with Gasteiger partial charge in [-0.1, -0.05) is 0 Å². The van der Waals surface area contributed by atoms with E-state index in [4.69, 9.17) is 10.8 Å². The standard InChI is InChI=1S/C8H15NO2/c1-5(11)8-3-7(9)2-6(8)4-10/h6-8,10H,2-4,9H2,1H3/t6-,7-,8+/m1/s1. The lowest BCUT2D eigenvalue weighted by Gasteiger charge is -2.12. The molecule has 3 atom stereocenters. The molecular weight excluding hydrogens is 142 g/mol. The first-order valence-electron chi connectivity index (χ1n) is 4.02. The van der Waals surface area contributed by atoms with E-state index in [0.717, 1.165) is 12.8 Å². The van der Waals surface area contributed by atoms with Crippen molar-refractivity contribution in [3.8, 4) is 0 Å². The van der Waals surface area contributed by atoms with Crippen molar-refractivity contribution in [2.24, 2.45) is 17.6 Å². The van der Waals surface area contributed by atoms with Gasteiger partial charge in [-0.2, -0.15) is 0 Å². The minimum atomic E-state index is 0.00926. The molecule has 0 unspecified atom stereocenters. The zero-order valence-electron chi connectivity index (χ0n) is 6.79.